The third-order valence-electron chi connectivity index (χ3n) is 6.23. The maximum absolute atomic E-state index is 11.0. The minimum absolute atomic E-state index is 0.356. The van der Waals surface area contributed by atoms with Gasteiger partial charge in [0.2, 0.25) is 0 Å². The summed E-state index contributed by atoms with van der Waals surface area (Å²) >= 11 is 1.75. The fraction of sp³-hybridized carbons (Fsp3) is 0.231. The highest BCUT2D eigenvalue weighted by Crippen LogP contribution is 2.39. The molecule has 2 N–H and O–H groups in total. The van der Waals surface area contributed by atoms with Crippen LogP contribution in [0.5, 0.6) is 0 Å². The molecule has 0 bridgehead atoms. The van der Waals surface area contributed by atoms with E-state index in [0.29, 0.717) is 18.1 Å². The lowest BCUT2D eigenvalue weighted by molar-refractivity contribution is 0.191. The second kappa shape index (κ2) is 8.50. The summed E-state index contributed by atoms with van der Waals surface area (Å²) in [5.74, 6) is 1.32. The first kappa shape index (κ1) is 20.2. The highest BCUT2D eigenvalue weighted by molar-refractivity contribution is 7.19. The molecule has 0 fully saturated rings. The van der Waals surface area contributed by atoms with Crippen LogP contribution >= 0.6 is 11.3 Å². The van der Waals surface area contributed by atoms with Crippen molar-refractivity contribution in [2.24, 2.45) is 0 Å². The van der Waals surface area contributed by atoms with Gasteiger partial charge in [-0.25, -0.2) is 15.0 Å². The third-order valence-corrected chi connectivity index (χ3v) is 7.41. The molecule has 0 saturated heterocycles. The molecule has 0 amide bonds. The second-order valence-corrected chi connectivity index (χ2v) is 9.46. The molecule has 3 heterocycles. The van der Waals surface area contributed by atoms with Crippen LogP contribution in [-0.4, -0.2) is 31.6 Å². The zero-order valence-corrected chi connectivity index (χ0v) is 18.8. The van der Waals surface area contributed by atoms with Gasteiger partial charge in [0.05, 0.1) is 17.7 Å². The zero-order chi connectivity index (χ0) is 22.2. The first-order chi connectivity index (χ1) is 16.3. The van der Waals surface area contributed by atoms with Gasteiger partial charge in [-0.3, -0.25) is 4.98 Å². The van der Waals surface area contributed by atoms with Gasteiger partial charge < -0.3 is 10.4 Å². The van der Waals surface area contributed by atoms with Crippen LogP contribution in [-0.2, 0) is 12.8 Å². The Bertz CT molecular complexity index is 1450. The van der Waals surface area contributed by atoms with Crippen LogP contribution in [0.15, 0.2) is 61.1 Å². The fourth-order valence-electron chi connectivity index (χ4n) is 4.54. The zero-order valence-electron chi connectivity index (χ0n) is 18.0. The van der Waals surface area contributed by atoms with E-state index in [4.69, 9.17) is 9.97 Å². The van der Waals surface area contributed by atoms with Gasteiger partial charge in [0.15, 0.2) is 5.82 Å². The Balaban J connectivity index is 1.36. The van der Waals surface area contributed by atoms with Crippen LogP contribution < -0.4 is 5.32 Å². The lowest BCUT2D eigenvalue weighted by atomic mass is 9.97. The molecule has 1 aliphatic carbocycles. The molecule has 0 spiro atoms. The van der Waals surface area contributed by atoms with Crippen LogP contribution in [0.2, 0.25) is 0 Å². The first-order valence-electron chi connectivity index (χ1n) is 11.3. The Labute approximate surface area is 195 Å². The molecule has 0 radical (unpaired) electrons. The maximum Gasteiger partial charge on any atom is 0.183 e. The molecule has 33 heavy (non-hydrogen) atoms. The predicted molar refractivity (Wildman–Crippen MR) is 132 cm³/mol. The summed E-state index contributed by atoms with van der Waals surface area (Å²) in [5, 5.41) is 17.8. The lowest BCUT2D eigenvalue weighted by Crippen LogP contribution is -2.14. The molecule has 0 aliphatic heterocycles. The summed E-state index contributed by atoms with van der Waals surface area (Å²) in [4.78, 5) is 20.6. The lowest BCUT2D eigenvalue weighted by Gasteiger charge is -2.16. The Morgan fingerprint density at radius 1 is 1.00 bits per heavy atom. The second-order valence-electron chi connectivity index (χ2n) is 8.38. The highest BCUT2D eigenvalue weighted by atomic mass is 32.1. The number of fused-ring (bicyclic) bond motifs is 4. The highest BCUT2D eigenvalue weighted by Gasteiger charge is 2.22. The standard InChI is InChI=1S/C26H23N5OS/c32-21(18-10-9-16-5-1-2-6-17(16)13-18)15-29-25-23-19-7-3-4-8-22(19)33-26(23)31-24(30-25)20-14-27-11-12-28-20/h1-2,5-6,9-14,21,32H,3-4,7-8,15H2,(H,29,30,31). The summed E-state index contributed by atoms with van der Waals surface area (Å²) in [6.07, 6.45) is 8.86. The molecule has 6 rings (SSSR count). The molecule has 2 aromatic carbocycles. The fourth-order valence-corrected chi connectivity index (χ4v) is 5.80. The van der Waals surface area contributed by atoms with Gasteiger partial charge in [-0.2, -0.15) is 0 Å². The molecule has 0 saturated carbocycles. The molecular formula is C26H23N5OS. The quantitative estimate of drug-likeness (QED) is 0.374. The molecule has 1 unspecified atom stereocenters. The Kier molecular flexibility index (Phi) is 5.20. The molecule has 1 atom stereocenters. The monoisotopic (exact) mass is 453 g/mol. The van der Waals surface area contributed by atoms with Gasteiger partial charge in [-0.05, 0) is 53.6 Å². The molecule has 3 aromatic heterocycles. The number of benzene rings is 2. The van der Waals surface area contributed by atoms with Crippen LogP contribution in [0.4, 0.5) is 5.82 Å². The van der Waals surface area contributed by atoms with Crippen LogP contribution in [0.25, 0.3) is 32.5 Å². The van der Waals surface area contributed by atoms with Crippen molar-refractivity contribution in [3.63, 3.8) is 0 Å². The summed E-state index contributed by atoms with van der Waals surface area (Å²) in [6, 6.07) is 14.3. The van der Waals surface area contributed by atoms with Crippen molar-refractivity contribution in [2.75, 3.05) is 11.9 Å². The molecular weight excluding hydrogens is 430 g/mol. The van der Waals surface area contributed by atoms with E-state index in [1.807, 2.05) is 18.2 Å². The summed E-state index contributed by atoms with van der Waals surface area (Å²) in [5.41, 5.74) is 2.88. The summed E-state index contributed by atoms with van der Waals surface area (Å²) in [7, 11) is 0. The van der Waals surface area contributed by atoms with E-state index >= 15 is 0 Å². The topological polar surface area (TPSA) is 83.8 Å². The number of aromatic nitrogens is 4. The molecule has 1 aliphatic rings. The number of rotatable bonds is 5. The van der Waals surface area contributed by atoms with Gasteiger partial charge in [0, 0.05) is 23.8 Å². The Hall–Kier alpha value is -3.42. The van der Waals surface area contributed by atoms with Crippen molar-refractivity contribution >= 4 is 38.1 Å². The first-order valence-corrected chi connectivity index (χ1v) is 12.1. The Morgan fingerprint density at radius 3 is 2.76 bits per heavy atom. The number of nitrogens with one attached hydrogen (secondary N) is 1. The van der Waals surface area contributed by atoms with E-state index in [0.717, 1.165) is 45.2 Å². The van der Waals surface area contributed by atoms with Gasteiger partial charge in [-0.15, -0.1) is 11.3 Å². The van der Waals surface area contributed by atoms with Crippen LogP contribution in [0.3, 0.4) is 0 Å². The van der Waals surface area contributed by atoms with Crippen molar-refractivity contribution in [1.29, 1.82) is 0 Å². The summed E-state index contributed by atoms with van der Waals surface area (Å²) < 4.78 is 0. The van der Waals surface area contributed by atoms with E-state index in [2.05, 4.69) is 39.6 Å². The number of aliphatic hydroxyl groups excluding tert-OH is 1. The number of anilines is 1. The largest absolute Gasteiger partial charge is 0.387 e. The van der Waals surface area contributed by atoms with E-state index in [-0.39, 0.29) is 0 Å². The van der Waals surface area contributed by atoms with Crippen molar-refractivity contribution in [2.45, 2.75) is 31.8 Å². The maximum atomic E-state index is 11.0. The minimum Gasteiger partial charge on any atom is -0.387 e. The van der Waals surface area contributed by atoms with Crippen molar-refractivity contribution < 1.29 is 5.11 Å². The third kappa shape index (κ3) is 3.83. The van der Waals surface area contributed by atoms with Crippen molar-refractivity contribution in [1.82, 2.24) is 19.9 Å². The number of thiophene rings is 1. The number of hydrogen-bond acceptors (Lipinski definition) is 7. The molecule has 5 aromatic rings. The van der Waals surface area contributed by atoms with Gasteiger partial charge in [0.25, 0.3) is 0 Å². The molecule has 7 heteroatoms. The number of nitrogens with zero attached hydrogens (tertiary/aromatic N) is 4. The van der Waals surface area contributed by atoms with Crippen LogP contribution in [0, 0.1) is 0 Å². The number of hydrogen-bond donors (Lipinski definition) is 2. The normalized spacial score (nSPS) is 14.3. The van der Waals surface area contributed by atoms with Gasteiger partial charge in [-0.1, -0.05) is 36.4 Å². The van der Waals surface area contributed by atoms with Crippen molar-refractivity contribution in [3.05, 3.63) is 77.1 Å². The van der Waals surface area contributed by atoms with E-state index in [1.54, 1.807) is 29.9 Å². The average Bonchev–Trinajstić information content (AvgIpc) is 3.26. The minimum atomic E-state index is -0.658. The molecule has 6 nitrogen and oxygen atoms in total. The van der Waals surface area contributed by atoms with Gasteiger partial charge >= 0.3 is 0 Å². The predicted octanol–water partition coefficient (Wildman–Crippen LogP) is 5.33. The Morgan fingerprint density at radius 2 is 1.88 bits per heavy atom. The van der Waals surface area contributed by atoms with E-state index < -0.39 is 6.10 Å². The molecule has 164 valence electrons. The van der Waals surface area contributed by atoms with Crippen LogP contribution in [0.1, 0.15) is 34.9 Å². The van der Waals surface area contributed by atoms with E-state index in [1.165, 1.54) is 23.3 Å². The average molecular weight is 454 g/mol. The number of aliphatic hydroxyl groups is 1. The van der Waals surface area contributed by atoms with Gasteiger partial charge in [0.1, 0.15) is 16.3 Å². The number of aryl methyl sites for hydroxylation is 2. The SMILES string of the molecule is OC(CNc1nc(-c2cnccn2)nc2sc3c(c12)CCCC3)c1ccc2ccccc2c1. The smallest absolute Gasteiger partial charge is 0.183 e. The van der Waals surface area contributed by atoms with E-state index in [9.17, 15) is 5.11 Å². The van der Waals surface area contributed by atoms with Crippen molar-refractivity contribution in [3.8, 4) is 11.5 Å². The summed E-state index contributed by atoms with van der Waals surface area (Å²) in [6.45, 7) is 0.356.